The Morgan fingerprint density at radius 3 is 3.07 bits per heavy atom. The summed E-state index contributed by atoms with van der Waals surface area (Å²) in [5.74, 6) is 2.04. The molecule has 15 heavy (non-hydrogen) atoms. The predicted molar refractivity (Wildman–Crippen MR) is 51.1 cm³/mol. The fourth-order valence-corrected chi connectivity index (χ4v) is 1.26. The lowest BCUT2D eigenvalue weighted by molar-refractivity contribution is 0.151. The highest BCUT2D eigenvalue weighted by atomic mass is 16.5. The van der Waals surface area contributed by atoms with Crippen molar-refractivity contribution < 1.29 is 9.26 Å². The Morgan fingerprint density at radius 1 is 1.53 bits per heavy atom. The lowest BCUT2D eigenvalue weighted by Crippen LogP contribution is -2.02. The largest absolute Gasteiger partial charge is 0.375 e. The van der Waals surface area contributed by atoms with Crippen molar-refractivity contribution >= 4 is 0 Å². The van der Waals surface area contributed by atoms with E-state index in [-0.39, 0.29) is 0 Å². The van der Waals surface area contributed by atoms with E-state index in [1.165, 1.54) is 0 Å². The summed E-state index contributed by atoms with van der Waals surface area (Å²) in [6.45, 7) is 2.84. The fraction of sp³-hybridized carbons (Fsp3) is 0.444. The van der Waals surface area contributed by atoms with Crippen molar-refractivity contribution in [1.82, 2.24) is 19.7 Å². The number of methoxy groups -OCH3 is 1. The van der Waals surface area contributed by atoms with Gasteiger partial charge in [-0.3, -0.25) is 0 Å². The monoisotopic (exact) mass is 208 g/mol. The first-order valence-corrected chi connectivity index (χ1v) is 4.57. The van der Waals surface area contributed by atoms with Gasteiger partial charge in [0.25, 0.3) is 5.89 Å². The van der Waals surface area contributed by atoms with E-state index in [4.69, 9.17) is 9.26 Å². The molecule has 0 aromatic carbocycles. The number of aromatic nitrogens is 4. The third kappa shape index (κ3) is 2.21. The van der Waals surface area contributed by atoms with Crippen molar-refractivity contribution in [3.8, 4) is 0 Å². The molecule has 0 saturated carbocycles. The molecule has 0 aliphatic carbocycles. The van der Waals surface area contributed by atoms with E-state index < -0.39 is 0 Å². The second-order valence-corrected chi connectivity index (χ2v) is 3.14. The van der Waals surface area contributed by atoms with Crippen LogP contribution in [0, 0.1) is 6.92 Å². The van der Waals surface area contributed by atoms with Gasteiger partial charge >= 0.3 is 0 Å². The van der Waals surface area contributed by atoms with Gasteiger partial charge in [-0.1, -0.05) is 5.16 Å². The average Bonchev–Trinajstić information content (AvgIpc) is 2.79. The van der Waals surface area contributed by atoms with Gasteiger partial charge in [-0.25, -0.2) is 4.98 Å². The number of ether oxygens (including phenoxy) is 1. The maximum atomic E-state index is 4.97. The highest BCUT2D eigenvalue weighted by Crippen LogP contribution is 2.03. The third-order valence-corrected chi connectivity index (χ3v) is 2.01. The Labute approximate surface area is 86.9 Å². The minimum atomic E-state index is 0.343. The van der Waals surface area contributed by atoms with Crippen LogP contribution in [0.15, 0.2) is 16.9 Å². The summed E-state index contributed by atoms with van der Waals surface area (Å²) in [7, 11) is 1.59. The first-order chi connectivity index (χ1) is 7.29. The van der Waals surface area contributed by atoms with E-state index in [0.717, 1.165) is 5.82 Å². The van der Waals surface area contributed by atoms with E-state index in [2.05, 4.69) is 15.1 Å². The molecular formula is C9H12N4O2. The quantitative estimate of drug-likeness (QED) is 0.742. The first-order valence-electron chi connectivity index (χ1n) is 4.57. The summed E-state index contributed by atoms with van der Waals surface area (Å²) in [6.07, 6.45) is 3.62. The average molecular weight is 208 g/mol. The molecule has 2 aromatic rings. The molecule has 0 bridgehead atoms. The van der Waals surface area contributed by atoms with Crippen LogP contribution < -0.4 is 0 Å². The molecule has 6 heteroatoms. The number of hydrogen-bond donors (Lipinski definition) is 0. The Bertz CT molecular complexity index is 435. The van der Waals surface area contributed by atoms with Crippen LogP contribution >= 0.6 is 0 Å². The van der Waals surface area contributed by atoms with Crippen LogP contribution in [0.5, 0.6) is 0 Å². The van der Waals surface area contributed by atoms with Crippen molar-refractivity contribution in [3.63, 3.8) is 0 Å². The maximum Gasteiger partial charge on any atom is 0.252 e. The Kier molecular flexibility index (Phi) is 2.77. The molecule has 2 rings (SSSR count). The predicted octanol–water partition coefficient (Wildman–Crippen LogP) is 0.769. The lowest BCUT2D eigenvalue weighted by Gasteiger charge is -1.98. The molecule has 2 aromatic heterocycles. The van der Waals surface area contributed by atoms with Crippen LogP contribution in [-0.4, -0.2) is 26.8 Å². The van der Waals surface area contributed by atoms with Crippen molar-refractivity contribution in [3.05, 3.63) is 29.9 Å². The van der Waals surface area contributed by atoms with Gasteiger partial charge in [0.15, 0.2) is 5.82 Å². The molecule has 2 heterocycles. The summed E-state index contributed by atoms with van der Waals surface area (Å²) in [4.78, 5) is 8.27. The highest BCUT2D eigenvalue weighted by molar-refractivity contribution is 4.94. The number of aryl methyl sites for hydroxylation is 1. The van der Waals surface area contributed by atoms with E-state index >= 15 is 0 Å². The Hall–Kier alpha value is -1.69. The number of rotatable bonds is 4. The van der Waals surface area contributed by atoms with Gasteiger partial charge in [0.05, 0.1) is 6.54 Å². The summed E-state index contributed by atoms with van der Waals surface area (Å²) in [5.41, 5.74) is 0. The molecule has 0 amide bonds. The molecule has 0 fully saturated rings. The molecule has 0 aliphatic heterocycles. The number of nitrogens with zero attached hydrogens (tertiary/aromatic N) is 4. The second-order valence-electron chi connectivity index (χ2n) is 3.14. The first kappa shape index (κ1) is 9.85. The van der Waals surface area contributed by atoms with Gasteiger partial charge in [0, 0.05) is 19.5 Å². The van der Waals surface area contributed by atoms with Gasteiger partial charge < -0.3 is 13.8 Å². The van der Waals surface area contributed by atoms with Crippen molar-refractivity contribution in [2.45, 2.75) is 20.1 Å². The van der Waals surface area contributed by atoms with Crippen LogP contribution in [-0.2, 0) is 17.9 Å². The minimum absolute atomic E-state index is 0.343. The molecule has 0 saturated heterocycles. The summed E-state index contributed by atoms with van der Waals surface area (Å²) >= 11 is 0. The van der Waals surface area contributed by atoms with Crippen LogP contribution in [0.2, 0.25) is 0 Å². The van der Waals surface area contributed by atoms with Crippen molar-refractivity contribution in [2.24, 2.45) is 0 Å². The van der Waals surface area contributed by atoms with E-state index in [9.17, 15) is 0 Å². The van der Waals surface area contributed by atoms with Crippen LogP contribution in [0.1, 0.15) is 17.5 Å². The third-order valence-electron chi connectivity index (χ3n) is 2.01. The molecule has 0 radical (unpaired) electrons. The van der Waals surface area contributed by atoms with Crippen molar-refractivity contribution in [2.75, 3.05) is 7.11 Å². The summed E-state index contributed by atoms with van der Waals surface area (Å²) in [5, 5.41) is 3.84. The summed E-state index contributed by atoms with van der Waals surface area (Å²) < 4.78 is 11.8. The Balaban J connectivity index is 2.08. The minimum Gasteiger partial charge on any atom is -0.375 e. The lowest BCUT2D eigenvalue weighted by atomic mass is 10.5. The normalized spacial score (nSPS) is 10.8. The zero-order valence-corrected chi connectivity index (χ0v) is 8.67. The molecule has 0 spiro atoms. The molecular weight excluding hydrogens is 196 g/mol. The molecule has 6 nitrogen and oxygen atoms in total. The van der Waals surface area contributed by atoms with Gasteiger partial charge in [0.1, 0.15) is 12.4 Å². The van der Waals surface area contributed by atoms with Crippen LogP contribution in [0.3, 0.4) is 0 Å². The van der Waals surface area contributed by atoms with Crippen LogP contribution in [0.4, 0.5) is 0 Å². The van der Waals surface area contributed by atoms with Gasteiger partial charge in [-0.2, -0.15) is 4.98 Å². The zero-order valence-electron chi connectivity index (χ0n) is 8.67. The van der Waals surface area contributed by atoms with E-state index in [0.29, 0.717) is 24.9 Å². The van der Waals surface area contributed by atoms with Gasteiger partial charge in [-0.05, 0) is 6.92 Å². The summed E-state index contributed by atoms with van der Waals surface area (Å²) in [6, 6.07) is 0. The van der Waals surface area contributed by atoms with E-state index in [1.807, 2.05) is 17.7 Å². The molecule has 0 N–H and O–H groups in total. The van der Waals surface area contributed by atoms with Gasteiger partial charge in [-0.15, -0.1) is 0 Å². The number of hydrogen-bond acceptors (Lipinski definition) is 5. The molecule has 0 atom stereocenters. The SMILES string of the molecule is COCc1nc(Cn2ccnc2C)no1. The van der Waals surface area contributed by atoms with Gasteiger partial charge in [0.2, 0.25) is 0 Å². The number of imidazole rings is 1. The van der Waals surface area contributed by atoms with Crippen molar-refractivity contribution in [1.29, 1.82) is 0 Å². The smallest absolute Gasteiger partial charge is 0.252 e. The molecule has 0 aliphatic rings. The fourth-order valence-electron chi connectivity index (χ4n) is 1.26. The zero-order chi connectivity index (χ0) is 10.7. The van der Waals surface area contributed by atoms with E-state index in [1.54, 1.807) is 13.3 Å². The topological polar surface area (TPSA) is 66.0 Å². The molecule has 0 unspecified atom stereocenters. The standard InChI is InChI=1S/C9H12N4O2/c1-7-10-3-4-13(7)5-8-11-9(6-14-2)15-12-8/h3-4H,5-6H2,1-2H3. The maximum absolute atomic E-state index is 4.97. The second kappa shape index (κ2) is 4.22. The molecule has 80 valence electrons. The Morgan fingerprint density at radius 2 is 2.40 bits per heavy atom. The highest BCUT2D eigenvalue weighted by Gasteiger charge is 2.07. The van der Waals surface area contributed by atoms with Crippen LogP contribution in [0.25, 0.3) is 0 Å².